The van der Waals surface area contributed by atoms with Gasteiger partial charge in [0.15, 0.2) is 11.7 Å². The van der Waals surface area contributed by atoms with Crippen LogP contribution in [-0.4, -0.2) is 40.9 Å². The molecule has 3 rings (SSSR count). The summed E-state index contributed by atoms with van der Waals surface area (Å²) in [7, 11) is 1.93. The molecule has 1 atom stereocenters. The summed E-state index contributed by atoms with van der Waals surface area (Å²) in [6.45, 7) is 4.52. The first-order valence-corrected chi connectivity index (χ1v) is 9.71. The van der Waals surface area contributed by atoms with Gasteiger partial charge in [-0.1, -0.05) is 12.1 Å². The van der Waals surface area contributed by atoms with Gasteiger partial charge in [-0.05, 0) is 50.1 Å². The van der Waals surface area contributed by atoms with E-state index < -0.39 is 0 Å². The molecule has 1 saturated heterocycles. The van der Waals surface area contributed by atoms with Gasteiger partial charge in [-0.3, -0.25) is 4.79 Å². The van der Waals surface area contributed by atoms with Gasteiger partial charge in [-0.2, -0.15) is 0 Å². The lowest BCUT2D eigenvalue weighted by molar-refractivity contribution is 0.0956. The van der Waals surface area contributed by atoms with Crippen molar-refractivity contribution in [1.29, 1.82) is 0 Å². The average molecular weight is 380 g/mol. The molecule has 1 aliphatic rings. The molecule has 148 valence electrons. The number of rotatable bonds is 6. The Kier molecular flexibility index (Phi) is 6.60. The molecule has 1 aromatic carbocycles. The number of benzene rings is 1. The number of aryl methyl sites for hydroxylation is 1. The molecular weight excluding hydrogens is 352 g/mol. The monoisotopic (exact) mass is 380 g/mol. The van der Waals surface area contributed by atoms with Crippen molar-refractivity contribution < 1.29 is 4.79 Å². The number of hydrogen-bond donors (Lipinski definition) is 3. The normalized spacial score (nSPS) is 17.8. The number of aromatic nitrogens is 2. The topological polar surface area (TPSA) is 97.3 Å². The van der Waals surface area contributed by atoms with Crippen molar-refractivity contribution >= 4 is 17.8 Å². The molecule has 1 amide bonds. The fraction of sp³-hybridized carbons (Fsp3) is 0.381. The molecule has 0 spiro atoms. The smallest absolute Gasteiger partial charge is 0.251 e. The Balaban J connectivity index is 1.71. The minimum Gasteiger partial charge on any atom is -0.381 e. The maximum absolute atomic E-state index is 11.9. The van der Waals surface area contributed by atoms with Crippen LogP contribution in [0.4, 0.5) is 0 Å². The summed E-state index contributed by atoms with van der Waals surface area (Å²) in [5.41, 5.74) is 8.72. The van der Waals surface area contributed by atoms with Crippen LogP contribution in [0.5, 0.6) is 0 Å². The summed E-state index contributed by atoms with van der Waals surface area (Å²) < 4.78 is 1.92. The van der Waals surface area contributed by atoms with E-state index in [1.54, 1.807) is 12.3 Å². The van der Waals surface area contributed by atoms with E-state index in [0.29, 0.717) is 29.7 Å². The van der Waals surface area contributed by atoms with Gasteiger partial charge < -0.3 is 20.9 Å². The van der Waals surface area contributed by atoms with Gasteiger partial charge in [-0.15, -0.1) is 0 Å². The number of nitrogens with zero attached hydrogens (tertiary/aromatic N) is 3. The van der Waals surface area contributed by atoms with E-state index in [4.69, 9.17) is 10.7 Å². The summed E-state index contributed by atoms with van der Waals surface area (Å²) in [4.78, 5) is 21.0. The molecule has 1 unspecified atom stereocenters. The number of carbonyl (C=O) groups excluding carboxylic acids is 1. The third-order valence-corrected chi connectivity index (χ3v) is 4.81. The number of nitrogens with one attached hydrogen (secondary N) is 2. The van der Waals surface area contributed by atoms with Crippen LogP contribution in [-0.2, 0) is 7.05 Å². The van der Waals surface area contributed by atoms with Crippen molar-refractivity contribution in [3.8, 4) is 0 Å². The number of piperidine rings is 1. The number of amides is 1. The largest absolute Gasteiger partial charge is 0.381 e. The lowest BCUT2D eigenvalue weighted by atomic mass is 9.97. The quantitative estimate of drug-likeness (QED) is 0.527. The van der Waals surface area contributed by atoms with E-state index in [1.807, 2.05) is 49.0 Å². The van der Waals surface area contributed by atoms with Crippen molar-refractivity contribution in [1.82, 2.24) is 20.2 Å². The second kappa shape index (κ2) is 9.32. The van der Waals surface area contributed by atoms with E-state index in [2.05, 4.69) is 15.6 Å². The SMILES string of the molecule is CCNC(=O)c1cccc(/C=C/N=C(N)c2nc(C3CCCNC3)cn2C)c1. The molecule has 4 N–H and O–H groups in total. The van der Waals surface area contributed by atoms with Gasteiger partial charge >= 0.3 is 0 Å². The average Bonchev–Trinajstić information content (AvgIpc) is 3.11. The Morgan fingerprint density at radius 3 is 3.11 bits per heavy atom. The lowest BCUT2D eigenvalue weighted by Crippen LogP contribution is -2.28. The molecule has 7 nitrogen and oxygen atoms in total. The van der Waals surface area contributed by atoms with Crippen LogP contribution in [0.15, 0.2) is 41.7 Å². The van der Waals surface area contributed by atoms with E-state index in [-0.39, 0.29) is 5.91 Å². The third-order valence-electron chi connectivity index (χ3n) is 4.81. The highest BCUT2D eigenvalue weighted by Gasteiger charge is 2.19. The summed E-state index contributed by atoms with van der Waals surface area (Å²) in [5.74, 6) is 1.38. The van der Waals surface area contributed by atoms with Gasteiger partial charge in [0.05, 0.1) is 5.69 Å². The Hall–Kier alpha value is -2.93. The highest BCUT2D eigenvalue weighted by molar-refractivity contribution is 5.95. The Morgan fingerprint density at radius 1 is 1.50 bits per heavy atom. The van der Waals surface area contributed by atoms with E-state index in [1.165, 1.54) is 0 Å². The maximum atomic E-state index is 11.9. The van der Waals surface area contributed by atoms with Crippen LogP contribution < -0.4 is 16.4 Å². The third kappa shape index (κ3) is 4.86. The first kappa shape index (κ1) is 19.8. The van der Waals surface area contributed by atoms with E-state index in [0.717, 1.165) is 37.2 Å². The van der Waals surface area contributed by atoms with Gasteiger partial charge in [0, 0.05) is 44.0 Å². The highest BCUT2D eigenvalue weighted by atomic mass is 16.1. The molecule has 0 aliphatic carbocycles. The summed E-state index contributed by atoms with van der Waals surface area (Å²) in [5, 5.41) is 6.21. The molecule has 1 aliphatic heterocycles. The van der Waals surface area contributed by atoms with Crippen molar-refractivity contribution in [2.75, 3.05) is 19.6 Å². The fourth-order valence-corrected chi connectivity index (χ4v) is 3.34. The number of aliphatic imine (C=N–C) groups is 1. The van der Waals surface area contributed by atoms with Crippen LogP contribution in [0, 0.1) is 0 Å². The Morgan fingerprint density at radius 2 is 2.36 bits per heavy atom. The molecule has 2 heterocycles. The molecular formula is C21H28N6O. The maximum Gasteiger partial charge on any atom is 0.251 e. The zero-order chi connectivity index (χ0) is 19.9. The van der Waals surface area contributed by atoms with Crippen LogP contribution >= 0.6 is 0 Å². The number of hydrogen-bond acceptors (Lipinski definition) is 4. The van der Waals surface area contributed by atoms with Gasteiger partial charge in [-0.25, -0.2) is 9.98 Å². The number of imidazole rings is 1. The zero-order valence-electron chi connectivity index (χ0n) is 16.5. The van der Waals surface area contributed by atoms with E-state index >= 15 is 0 Å². The van der Waals surface area contributed by atoms with E-state index in [9.17, 15) is 4.79 Å². The van der Waals surface area contributed by atoms with Crippen LogP contribution in [0.25, 0.3) is 6.08 Å². The molecule has 28 heavy (non-hydrogen) atoms. The number of nitrogens with two attached hydrogens (primary N) is 1. The first-order chi connectivity index (χ1) is 13.6. The summed E-state index contributed by atoms with van der Waals surface area (Å²) >= 11 is 0. The molecule has 0 saturated carbocycles. The molecule has 0 bridgehead atoms. The molecule has 7 heteroatoms. The van der Waals surface area contributed by atoms with Crippen molar-refractivity contribution in [2.45, 2.75) is 25.7 Å². The lowest BCUT2D eigenvalue weighted by Gasteiger charge is -2.20. The number of amidine groups is 1. The predicted octanol–water partition coefficient (Wildman–Crippen LogP) is 2.01. The van der Waals surface area contributed by atoms with Crippen molar-refractivity contribution in [2.24, 2.45) is 17.8 Å². The fourth-order valence-electron chi connectivity index (χ4n) is 3.34. The van der Waals surface area contributed by atoms with Crippen LogP contribution in [0.3, 0.4) is 0 Å². The second-order valence-electron chi connectivity index (χ2n) is 6.96. The number of carbonyl (C=O) groups is 1. The molecule has 1 fully saturated rings. The standard InChI is InChI=1S/C21H28N6O/c1-3-24-21(28)16-7-4-6-15(12-16)9-11-25-19(22)20-26-18(14-27(20)2)17-8-5-10-23-13-17/h4,6-7,9,11-12,14,17,23H,3,5,8,10,13H2,1-2H3,(H2,22,25)(H,24,28)/b11-9+. The van der Waals surface area contributed by atoms with Crippen LogP contribution in [0.1, 0.15) is 53.1 Å². The Labute approximate surface area is 165 Å². The van der Waals surface area contributed by atoms with Gasteiger partial charge in [0.2, 0.25) is 0 Å². The first-order valence-electron chi connectivity index (χ1n) is 9.71. The van der Waals surface area contributed by atoms with Gasteiger partial charge in [0.1, 0.15) is 0 Å². The molecule has 0 radical (unpaired) electrons. The summed E-state index contributed by atoms with van der Waals surface area (Å²) in [6, 6.07) is 7.37. The minimum absolute atomic E-state index is 0.0847. The van der Waals surface area contributed by atoms with Crippen molar-refractivity contribution in [3.05, 3.63) is 59.3 Å². The predicted molar refractivity (Wildman–Crippen MR) is 112 cm³/mol. The molecule has 1 aromatic heterocycles. The molecule has 2 aromatic rings. The summed E-state index contributed by atoms with van der Waals surface area (Å²) in [6.07, 6.45) is 7.81. The van der Waals surface area contributed by atoms with Gasteiger partial charge in [0.25, 0.3) is 5.91 Å². The van der Waals surface area contributed by atoms with Crippen LogP contribution in [0.2, 0.25) is 0 Å². The zero-order valence-corrected chi connectivity index (χ0v) is 16.5. The van der Waals surface area contributed by atoms with Crippen molar-refractivity contribution in [3.63, 3.8) is 0 Å². The Bertz CT molecular complexity index is 877. The second-order valence-corrected chi connectivity index (χ2v) is 6.96. The highest BCUT2D eigenvalue weighted by Crippen LogP contribution is 2.22. The minimum atomic E-state index is -0.0847.